The minimum absolute atomic E-state index is 0. The number of hydrogen-bond acceptors (Lipinski definition) is 5. The maximum atomic E-state index is 5.73. The molecule has 1 aromatic carbocycles. The van der Waals surface area contributed by atoms with Gasteiger partial charge in [-0.05, 0) is 37.5 Å². The Hall–Kier alpha value is -1.26. The summed E-state index contributed by atoms with van der Waals surface area (Å²) in [6.07, 6.45) is 2.07. The molecule has 1 unspecified atom stereocenters. The summed E-state index contributed by atoms with van der Waals surface area (Å²) < 4.78 is 21.8. The van der Waals surface area contributed by atoms with Crippen molar-refractivity contribution in [2.24, 2.45) is 10.9 Å². The molecule has 0 aliphatic carbocycles. The standard InChI is InChI=1S/C19H29N3O4.HI/c1-2-20-19(21-7-3-8-23-12-16-6-9-24-13-16)22-11-15-4-5-17-18(10-15)26-14-25-17;/h4-5,10,16H,2-3,6-9,11-14H2,1H3,(H2,20,21,22);1H. The molecule has 1 fully saturated rings. The van der Waals surface area contributed by atoms with Crippen LogP contribution in [-0.2, 0) is 16.0 Å². The van der Waals surface area contributed by atoms with Crippen LogP contribution in [0.15, 0.2) is 23.2 Å². The van der Waals surface area contributed by atoms with E-state index in [-0.39, 0.29) is 24.0 Å². The number of rotatable bonds is 9. The first-order valence-electron chi connectivity index (χ1n) is 9.41. The number of ether oxygens (including phenoxy) is 4. The van der Waals surface area contributed by atoms with E-state index in [4.69, 9.17) is 18.9 Å². The highest BCUT2D eigenvalue weighted by molar-refractivity contribution is 14.0. The summed E-state index contributed by atoms with van der Waals surface area (Å²) in [6, 6.07) is 5.93. The average Bonchev–Trinajstić information content (AvgIpc) is 3.33. The van der Waals surface area contributed by atoms with Crippen molar-refractivity contribution in [3.05, 3.63) is 23.8 Å². The van der Waals surface area contributed by atoms with Gasteiger partial charge in [-0.15, -0.1) is 24.0 Å². The van der Waals surface area contributed by atoms with Crippen LogP contribution in [0.1, 0.15) is 25.3 Å². The summed E-state index contributed by atoms with van der Waals surface area (Å²) >= 11 is 0. The zero-order chi connectivity index (χ0) is 18.0. The number of nitrogens with one attached hydrogen (secondary N) is 2. The number of fused-ring (bicyclic) bond motifs is 1. The maximum Gasteiger partial charge on any atom is 0.231 e. The molecule has 152 valence electrons. The van der Waals surface area contributed by atoms with Crippen LogP contribution < -0.4 is 20.1 Å². The monoisotopic (exact) mass is 491 g/mol. The maximum absolute atomic E-state index is 5.73. The van der Waals surface area contributed by atoms with E-state index in [1.165, 1.54) is 0 Å². The minimum atomic E-state index is 0. The molecule has 2 aliphatic heterocycles. The van der Waals surface area contributed by atoms with Crippen LogP contribution in [0, 0.1) is 5.92 Å². The SMILES string of the molecule is CCNC(=NCc1ccc2c(c1)OCO2)NCCCOCC1CCOC1.I. The number of hydrogen-bond donors (Lipinski definition) is 2. The molecule has 1 saturated heterocycles. The van der Waals surface area contributed by atoms with Gasteiger partial charge in [0.2, 0.25) is 6.79 Å². The van der Waals surface area contributed by atoms with Gasteiger partial charge in [-0.25, -0.2) is 4.99 Å². The highest BCUT2D eigenvalue weighted by atomic mass is 127. The van der Waals surface area contributed by atoms with Gasteiger partial charge in [-0.1, -0.05) is 6.07 Å². The highest BCUT2D eigenvalue weighted by Gasteiger charge is 2.15. The van der Waals surface area contributed by atoms with Gasteiger partial charge in [0, 0.05) is 32.2 Å². The van der Waals surface area contributed by atoms with Crippen LogP contribution >= 0.6 is 24.0 Å². The van der Waals surface area contributed by atoms with E-state index >= 15 is 0 Å². The lowest BCUT2D eigenvalue weighted by molar-refractivity contribution is 0.0888. The molecular formula is C19H30IN3O4. The molecule has 1 atom stereocenters. The van der Waals surface area contributed by atoms with Crippen LogP contribution in [0.2, 0.25) is 0 Å². The number of guanidine groups is 1. The van der Waals surface area contributed by atoms with E-state index < -0.39 is 0 Å². The molecule has 27 heavy (non-hydrogen) atoms. The first-order valence-corrected chi connectivity index (χ1v) is 9.41. The fourth-order valence-electron chi connectivity index (χ4n) is 2.90. The summed E-state index contributed by atoms with van der Waals surface area (Å²) in [6.45, 7) is 7.87. The van der Waals surface area contributed by atoms with E-state index in [0.29, 0.717) is 19.3 Å². The zero-order valence-corrected chi connectivity index (χ0v) is 18.2. The molecule has 1 aromatic rings. The molecule has 3 rings (SSSR count). The lowest BCUT2D eigenvalue weighted by Gasteiger charge is -2.12. The van der Waals surface area contributed by atoms with E-state index in [1.807, 2.05) is 18.2 Å². The van der Waals surface area contributed by atoms with Gasteiger partial charge in [0.25, 0.3) is 0 Å². The third-order valence-corrected chi connectivity index (χ3v) is 4.34. The molecular weight excluding hydrogens is 461 g/mol. The van der Waals surface area contributed by atoms with Gasteiger partial charge in [-0.3, -0.25) is 0 Å². The van der Waals surface area contributed by atoms with Gasteiger partial charge in [0.05, 0.1) is 19.8 Å². The van der Waals surface area contributed by atoms with Crippen LogP contribution in [0.5, 0.6) is 11.5 Å². The topological polar surface area (TPSA) is 73.3 Å². The summed E-state index contributed by atoms with van der Waals surface area (Å²) in [5.74, 6) is 2.98. The molecule has 0 bridgehead atoms. The Balaban J connectivity index is 0.00000261. The van der Waals surface area contributed by atoms with Gasteiger partial charge < -0.3 is 29.6 Å². The lowest BCUT2D eigenvalue weighted by Crippen LogP contribution is -2.38. The second kappa shape index (κ2) is 12.2. The Morgan fingerprint density at radius 3 is 2.96 bits per heavy atom. The van der Waals surface area contributed by atoms with Crippen molar-refractivity contribution >= 4 is 29.9 Å². The molecule has 0 saturated carbocycles. The molecule has 0 radical (unpaired) electrons. The van der Waals surface area contributed by atoms with Crippen LogP contribution in [0.4, 0.5) is 0 Å². The third kappa shape index (κ3) is 7.34. The van der Waals surface area contributed by atoms with Crippen molar-refractivity contribution < 1.29 is 18.9 Å². The molecule has 0 spiro atoms. The summed E-state index contributed by atoms with van der Waals surface area (Å²) in [5, 5.41) is 6.62. The summed E-state index contributed by atoms with van der Waals surface area (Å²) in [5.41, 5.74) is 1.09. The molecule has 2 aliphatic rings. The van der Waals surface area contributed by atoms with Crippen LogP contribution in [0.25, 0.3) is 0 Å². The molecule has 8 heteroatoms. The minimum Gasteiger partial charge on any atom is -0.454 e. The van der Waals surface area contributed by atoms with Crippen molar-refractivity contribution in [1.29, 1.82) is 0 Å². The van der Waals surface area contributed by atoms with E-state index in [0.717, 1.165) is 75.4 Å². The van der Waals surface area contributed by atoms with Gasteiger partial charge in [-0.2, -0.15) is 0 Å². The van der Waals surface area contributed by atoms with Gasteiger partial charge in [0.1, 0.15) is 0 Å². The average molecular weight is 491 g/mol. The van der Waals surface area contributed by atoms with E-state index in [9.17, 15) is 0 Å². The van der Waals surface area contributed by atoms with Crippen LogP contribution in [0.3, 0.4) is 0 Å². The lowest BCUT2D eigenvalue weighted by atomic mass is 10.1. The Bertz CT molecular complexity index is 594. The molecule has 7 nitrogen and oxygen atoms in total. The highest BCUT2D eigenvalue weighted by Crippen LogP contribution is 2.32. The quantitative estimate of drug-likeness (QED) is 0.240. The Morgan fingerprint density at radius 1 is 1.26 bits per heavy atom. The number of halogens is 1. The smallest absolute Gasteiger partial charge is 0.231 e. The van der Waals surface area contributed by atoms with Crippen molar-refractivity contribution in [2.45, 2.75) is 26.3 Å². The van der Waals surface area contributed by atoms with E-state index in [1.54, 1.807) is 0 Å². The Morgan fingerprint density at radius 2 is 2.15 bits per heavy atom. The van der Waals surface area contributed by atoms with Crippen molar-refractivity contribution in [3.8, 4) is 11.5 Å². The molecule has 0 aromatic heterocycles. The van der Waals surface area contributed by atoms with Crippen molar-refractivity contribution in [3.63, 3.8) is 0 Å². The Labute approximate surface area is 178 Å². The second-order valence-electron chi connectivity index (χ2n) is 6.47. The number of benzene rings is 1. The molecule has 2 N–H and O–H groups in total. The van der Waals surface area contributed by atoms with Crippen molar-refractivity contribution in [1.82, 2.24) is 10.6 Å². The van der Waals surface area contributed by atoms with Crippen molar-refractivity contribution in [2.75, 3.05) is 46.3 Å². The first-order chi connectivity index (χ1) is 12.8. The molecule has 2 heterocycles. The van der Waals surface area contributed by atoms with E-state index in [2.05, 4.69) is 22.5 Å². The van der Waals surface area contributed by atoms with Crippen LogP contribution in [-0.4, -0.2) is 52.3 Å². The number of aliphatic imine (C=N–C) groups is 1. The third-order valence-electron chi connectivity index (χ3n) is 4.34. The number of nitrogens with zero attached hydrogens (tertiary/aromatic N) is 1. The normalized spacial score (nSPS) is 18.3. The first kappa shape index (κ1) is 22.0. The van der Waals surface area contributed by atoms with Gasteiger partial charge >= 0.3 is 0 Å². The summed E-state index contributed by atoms with van der Waals surface area (Å²) in [4.78, 5) is 4.63. The fraction of sp³-hybridized carbons (Fsp3) is 0.632. The zero-order valence-electron chi connectivity index (χ0n) is 15.9. The molecule has 0 amide bonds. The second-order valence-corrected chi connectivity index (χ2v) is 6.47. The predicted molar refractivity (Wildman–Crippen MR) is 115 cm³/mol. The largest absolute Gasteiger partial charge is 0.454 e. The Kier molecular flexibility index (Phi) is 10.00. The predicted octanol–water partition coefficient (Wildman–Crippen LogP) is 2.53. The summed E-state index contributed by atoms with van der Waals surface area (Å²) in [7, 11) is 0. The van der Waals surface area contributed by atoms with Gasteiger partial charge in [0.15, 0.2) is 17.5 Å². The fourth-order valence-corrected chi connectivity index (χ4v) is 2.90.